The fourth-order valence-electron chi connectivity index (χ4n) is 6.94. The van der Waals surface area contributed by atoms with Crippen LogP contribution >= 0.6 is 23.8 Å². The molecule has 0 radical (unpaired) electrons. The molecule has 0 aliphatic heterocycles. The Kier molecular flexibility index (Phi) is 20.5. The number of benzene rings is 9. The Morgan fingerprint density at radius 1 is 0.169 bits per heavy atom. The Morgan fingerprint density at radius 2 is 0.254 bits per heavy atom. The summed E-state index contributed by atoms with van der Waals surface area (Å²) >= 11 is 0. The molecule has 9 rings (SSSR count). The minimum atomic E-state index is -0.877. The molecule has 0 aliphatic carbocycles. The second-order valence-corrected chi connectivity index (χ2v) is 20.9. The average molecular weight is 931 g/mol. The van der Waals surface area contributed by atoms with Crippen molar-refractivity contribution in [3.8, 4) is 0 Å². The van der Waals surface area contributed by atoms with Gasteiger partial charge in [-0.25, -0.2) is 0 Å². The summed E-state index contributed by atoms with van der Waals surface area (Å²) in [5.74, 6) is 0. The van der Waals surface area contributed by atoms with Gasteiger partial charge in [-0.05, 0) is 109 Å². The van der Waals surface area contributed by atoms with Gasteiger partial charge in [0.15, 0.2) is 0 Å². The largest absolute Gasteiger partial charge is 1.00 e. The average Bonchev–Trinajstić information content (AvgIpc) is 3.30. The van der Waals surface area contributed by atoms with Gasteiger partial charge in [0, 0.05) is 19.5 Å². The first-order chi connectivity index (χ1) is 28.3. The topological polar surface area (TPSA) is 0 Å². The SMILES string of the molecule is [H-].[K+].[Ru].c1ccc([PH+](c2ccccc2)c2ccccc2)cc1.c1ccc([PH+](c2ccccc2)c2ccccc2)cc1.c1ccc([PH+](c2ccccc2)c2ccccc2)cc1. The summed E-state index contributed by atoms with van der Waals surface area (Å²) in [4.78, 5) is 0. The van der Waals surface area contributed by atoms with Crippen LogP contribution in [0.15, 0.2) is 273 Å². The molecule has 0 nitrogen and oxygen atoms in total. The second kappa shape index (κ2) is 26.0. The molecule has 0 spiro atoms. The first-order valence-corrected chi connectivity index (χ1v) is 23.9. The van der Waals surface area contributed by atoms with Crippen LogP contribution in [0.2, 0.25) is 0 Å². The van der Waals surface area contributed by atoms with Crippen LogP contribution in [0, 0.1) is 0 Å². The van der Waals surface area contributed by atoms with E-state index < -0.39 is 23.8 Å². The smallest absolute Gasteiger partial charge is 1.00 e. The van der Waals surface area contributed by atoms with E-state index in [0.717, 1.165) is 0 Å². The summed E-state index contributed by atoms with van der Waals surface area (Å²) in [5, 5.41) is 12.9. The van der Waals surface area contributed by atoms with E-state index in [2.05, 4.69) is 273 Å². The van der Waals surface area contributed by atoms with Gasteiger partial charge in [0.05, 0.1) is 23.8 Å². The third-order valence-electron chi connectivity index (χ3n) is 9.56. The minimum Gasteiger partial charge on any atom is -1.00 e. The van der Waals surface area contributed by atoms with E-state index in [1.807, 2.05) is 0 Å². The number of rotatable bonds is 9. The van der Waals surface area contributed by atoms with Crippen molar-refractivity contribution in [2.75, 3.05) is 0 Å². The maximum absolute atomic E-state index is 2.24. The van der Waals surface area contributed by atoms with Crippen LogP contribution in [0.3, 0.4) is 0 Å². The first-order valence-electron chi connectivity index (χ1n) is 19.4. The standard InChI is InChI=1S/3C18H15P.K.Ru.H/c3*1-4-10-16(11-5-1)19(17-12-6-2-7-13-17)18-14-8-3-9-15-18;;;/h3*1-15H;;;/q;;;+1;;-1/p+3. The molecule has 0 N–H and O–H groups in total. The van der Waals surface area contributed by atoms with E-state index in [9.17, 15) is 0 Å². The Balaban J connectivity index is 0.000000194. The van der Waals surface area contributed by atoms with Gasteiger partial charge >= 0.3 is 51.4 Å². The monoisotopic (exact) mass is 931 g/mol. The van der Waals surface area contributed by atoms with Crippen molar-refractivity contribution >= 4 is 71.5 Å². The zero-order valence-corrected chi connectivity index (χ0v) is 41.2. The van der Waals surface area contributed by atoms with Gasteiger partial charge in [-0.2, -0.15) is 0 Å². The number of hydrogen-bond donors (Lipinski definition) is 0. The van der Waals surface area contributed by atoms with Crippen molar-refractivity contribution in [3.63, 3.8) is 0 Å². The molecule has 5 heteroatoms. The molecular formula is C54H49KP3Ru+3. The van der Waals surface area contributed by atoms with Gasteiger partial charge in [0.2, 0.25) is 0 Å². The van der Waals surface area contributed by atoms with Crippen LogP contribution in [-0.4, -0.2) is 0 Å². The van der Waals surface area contributed by atoms with Gasteiger partial charge in [-0.3, -0.25) is 0 Å². The molecule has 0 saturated heterocycles. The zero-order valence-electron chi connectivity index (χ0n) is 34.3. The Morgan fingerprint density at radius 3 is 0.339 bits per heavy atom. The van der Waals surface area contributed by atoms with E-state index >= 15 is 0 Å². The molecule has 0 aliphatic rings. The Bertz CT molecular complexity index is 1870. The van der Waals surface area contributed by atoms with Gasteiger partial charge in [-0.1, -0.05) is 164 Å². The molecule has 0 amide bonds. The second-order valence-electron chi connectivity index (χ2n) is 13.4. The van der Waals surface area contributed by atoms with E-state index in [0.29, 0.717) is 0 Å². The molecule has 0 aromatic heterocycles. The fourth-order valence-corrected chi connectivity index (χ4v) is 14.7. The molecule has 9 aromatic carbocycles. The summed E-state index contributed by atoms with van der Waals surface area (Å²) in [6.45, 7) is 0. The number of hydrogen-bond acceptors (Lipinski definition) is 0. The molecule has 59 heavy (non-hydrogen) atoms. The molecule has 0 heterocycles. The summed E-state index contributed by atoms with van der Waals surface area (Å²) in [6, 6.07) is 97.5. The van der Waals surface area contributed by atoms with Crippen LogP contribution in [-0.2, 0) is 19.5 Å². The molecular weight excluding hydrogens is 882 g/mol. The third-order valence-corrected chi connectivity index (χ3v) is 17.8. The minimum absolute atomic E-state index is 0. The fraction of sp³-hybridized carbons (Fsp3) is 0. The molecule has 0 bridgehead atoms. The van der Waals surface area contributed by atoms with Gasteiger partial charge in [0.1, 0.15) is 47.7 Å². The van der Waals surface area contributed by atoms with E-state index in [1.54, 1.807) is 0 Å². The van der Waals surface area contributed by atoms with Crippen molar-refractivity contribution in [3.05, 3.63) is 273 Å². The van der Waals surface area contributed by atoms with E-state index in [-0.39, 0.29) is 72.3 Å². The summed E-state index contributed by atoms with van der Waals surface area (Å²) in [6.07, 6.45) is 0. The maximum atomic E-state index is 2.24. The molecule has 9 aromatic rings. The molecule has 286 valence electrons. The molecule has 0 atom stereocenters. The van der Waals surface area contributed by atoms with Crippen LogP contribution in [0.1, 0.15) is 1.43 Å². The van der Waals surface area contributed by atoms with Crippen LogP contribution < -0.4 is 99.1 Å². The predicted octanol–water partition coefficient (Wildman–Crippen LogP) is 6.65. The summed E-state index contributed by atoms with van der Waals surface area (Å²) in [7, 11) is -2.63. The Labute approximate surface area is 412 Å². The zero-order chi connectivity index (χ0) is 38.7. The van der Waals surface area contributed by atoms with Gasteiger partial charge in [0.25, 0.3) is 0 Å². The third kappa shape index (κ3) is 13.8. The van der Waals surface area contributed by atoms with Crippen LogP contribution in [0.25, 0.3) is 0 Å². The van der Waals surface area contributed by atoms with Crippen molar-refractivity contribution in [2.24, 2.45) is 0 Å². The summed E-state index contributed by atoms with van der Waals surface area (Å²) in [5.41, 5.74) is 0. The Hall–Kier alpha value is -3.47. The quantitative estimate of drug-likeness (QED) is 0.113. The van der Waals surface area contributed by atoms with Crippen molar-refractivity contribution in [1.82, 2.24) is 0 Å². The van der Waals surface area contributed by atoms with E-state index in [1.165, 1.54) is 47.7 Å². The normalized spacial score (nSPS) is 10.2. The van der Waals surface area contributed by atoms with Crippen molar-refractivity contribution in [2.45, 2.75) is 0 Å². The van der Waals surface area contributed by atoms with E-state index in [4.69, 9.17) is 0 Å². The molecule has 0 fully saturated rings. The van der Waals surface area contributed by atoms with Gasteiger partial charge in [-0.15, -0.1) is 0 Å². The van der Waals surface area contributed by atoms with Gasteiger partial charge < -0.3 is 1.43 Å². The van der Waals surface area contributed by atoms with Crippen molar-refractivity contribution < 1.29 is 72.3 Å². The molecule has 0 saturated carbocycles. The maximum Gasteiger partial charge on any atom is 1.00 e. The molecule has 0 unspecified atom stereocenters. The van der Waals surface area contributed by atoms with Crippen LogP contribution in [0.5, 0.6) is 0 Å². The first kappa shape index (κ1) is 46.6. The van der Waals surface area contributed by atoms with Crippen LogP contribution in [0.4, 0.5) is 0 Å². The van der Waals surface area contributed by atoms with Crippen molar-refractivity contribution in [1.29, 1.82) is 0 Å². The predicted molar refractivity (Wildman–Crippen MR) is 261 cm³/mol. The summed E-state index contributed by atoms with van der Waals surface area (Å²) < 4.78 is 0.